The Balaban J connectivity index is 2.16. The fourth-order valence-electron chi connectivity index (χ4n) is 1.45. The summed E-state index contributed by atoms with van der Waals surface area (Å²) in [5.74, 6) is -1.21. The van der Waals surface area contributed by atoms with Crippen molar-refractivity contribution in [2.45, 2.75) is 13.3 Å². The Labute approximate surface area is 96.4 Å². The van der Waals surface area contributed by atoms with Crippen molar-refractivity contribution in [3.05, 3.63) is 12.0 Å². The molecule has 0 N–H and O–H groups in total. The van der Waals surface area contributed by atoms with E-state index in [9.17, 15) is 14.4 Å². The monoisotopic (exact) mass is 238 g/mol. The molecule has 0 bridgehead atoms. The minimum Gasteiger partial charge on any atom is -0.461 e. The Bertz CT molecular complexity index is 479. The highest BCUT2D eigenvalue weighted by molar-refractivity contribution is 6.14. The lowest BCUT2D eigenvalue weighted by Crippen LogP contribution is -2.25. The molecule has 1 aromatic heterocycles. The predicted molar refractivity (Wildman–Crippen MR) is 54.4 cm³/mol. The molecule has 1 amide bonds. The lowest BCUT2D eigenvalue weighted by Gasteiger charge is -2.07. The van der Waals surface area contributed by atoms with Crippen LogP contribution in [0.2, 0.25) is 0 Å². The Kier molecular flexibility index (Phi) is 2.90. The summed E-state index contributed by atoms with van der Waals surface area (Å²) in [6.07, 6.45) is 0.945. The SMILES string of the molecule is CCOC(=O)c1coc(N2CC(=O)CC2=O)n1. The third-order valence-corrected chi connectivity index (χ3v) is 2.19. The van der Waals surface area contributed by atoms with Gasteiger partial charge in [0.25, 0.3) is 0 Å². The van der Waals surface area contributed by atoms with Crippen LogP contribution in [-0.2, 0) is 14.3 Å². The van der Waals surface area contributed by atoms with Gasteiger partial charge in [0.05, 0.1) is 19.6 Å². The number of esters is 1. The maximum Gasteiger partial charge on any atom is 0.360 e. The Hall–Kier alpha value is -2.18. The second-order valence-electron chi connectivity index (χ2n) is 3.43. The molecule has 1 saturated heterocycles. The number of ether oxygens (including phenoxy) is 1. The normalized spacial score (nSPS) is 15.5. The minimum atomic E-state index is -0.625. The van der Waals surface area contributed by atoms with Crippen molar-refractivity contribution < 1.29 is 23.5 Å². The van der Waals surface area contributed by atoms with Crippen molar-refractivity contribution in [3.63, 3.8) is 0 Å². The maximum atomic E-state index is 11.4. The van der Waals surface area contributed by atoms with Crippen molar-refractivity contribution in [2.75, 3.05) is 18.1 Å². The van der Waals surface area contributed by atoms with Gasteiger partial charge in [0.1, 0.15) is 6.26 Å². The summed E-state index contributed by atoms with van der Waals surface area (Å²) in [7, 11) is 0. The number of hydrogen-bond acceptors (Lipinski definition) is 6. The first-order valence-electron chi connectivity index (χ1n) is 5.06. The van der Waals surface area contributed by atoms with Crippen LogP contribution in [-0.4, -0.2) is 35.8 Å². The number of hydrogen-bond donors (Lipinski definition) is 0. The number of anilines is 1. The number of rotatable bonds is 3. The number of ketones is 1. The molecule has 1 aromatic rings. The van der Waals surface area contributed by atoms with Gasteiger partial charge >= 0.3 is 12.0 Å². The van der Waals surface area contributed by atoms with Crippen LogP contribution in [0.1, 0.15) is 23.8 Å². The quantitative estimate of drug-likeness (QED) is 0.550. The van der Waals surface area contributed by atoms with Gasteiger partial charge < -0.3 is 9.15 Å². The van der Waals surface area contributed by atoms with Gasteiger partial charge in [-0.15, -0.1) is 0 Å². The highest BCUT2D eigenvalue weighted by Gasteiger charge is 2.32. The van der Waals surface area contributed by atoms with Crippen LogP contribution >= 0.6 is 0 Å². The molecule has 1 fully saturated rings. The molecule has 2 rings (SSSR count). The van der Waals surface area contributed by atoms with Gasteiger partial charge in [0, 0.05) is 0 Å². The number of carbonyl (C=O) groups excluding carboxylic acids is 3. The minimum absolute atomic E-state index is 0.0194. The van der Waals surface area contributed by atoms with Gasteiger partial charge in [0.2, 0.25) is 5.91 Å². The van der Waals surface area contributed by atoms with E-state index in [2.05, 4.69) is 4.98 Å². The number of nitrogens with zero attached hydrogens (tertiary/aromatic N) is 2. The molecule has 0 radical (unpaired) electrons. The van der Waals surface area contributed by atoms with E-state index < -0.39 is 5.97 Å². The second kappa shape index (κ2) is 4.36. The zero-order valence-corrected chi connectivity index (χ0v) is 9.13. The smallest absolute Gasteiger partial charge is 0.360 e. The number of oxazole rings is 1. The van der Waals surface area contributed by atoms with E-state index >= 15 is 0 Å². The zero-order chi connectivity index (χ0) is 12.4. The van der Waals surface area contributed by atoms with Gasteiger partial charge in [-0.25, -0.2) is 4.79 Å². The van der Waals surface area contributed by atoms with Crippen LogP contribution in [0.4, 0.5) is 6.01 Å². The largest absolute Gasteiger partial charge is 0.461 e. The van der Waals surface area contributed by atoms with E-state index in [1.54, 1.807) is 6.92 Å². The van der Waals surface area contributed by atoms with Crippen molar-refractivity contribution in [1.29, 1.82) is 0 Å². The molecule has 0 aliphatic carbocycles. The van der Waals surface area contributed by atoms with Gasteiger partial charge in [-0.05, 0) is 6.92 Å². The fraction of sp³-hybridized carbons (Fsp3) is 0.400. The molecule has 0 unspecified atom stereocenters. The van der Waals surface area contributed by atoms with E-state index in [0.717, 1.165) is 11.2 Å². The average Bonchev–Trinajstić information content (AvgIpc) is 2.85. The van der Waals surface area contributed by atoms with E-state index in [-0.39, 0.29) is 43.0 Å². The molecule has 0 aromatic carbocycles. The molecular weight excluding hydrogens is 228 g/mol. The molecule has 0 atom stereocenters. The first-order chi connectivity index (χ1) is 8.11. The van der Waals surface area contributed by atoms with Gasteiger partial charge in [-0.2, -0.15) is 4.98 Å². The van der Waals surface area contributed by atoms with E-state index in [4.69, 9.17) is 9.15 Å². The van der Waals surface area contributed by atoms with Crippen LogP contribution in [0.15, 0.2) is 10.7 Å². The van der Waals surface area contributed by atoms with Crippen molar-refractivity contribution in [2.24, 2.45) is 0 Å². The van der Waals surface area contributed by atoms with Gasteiger partial charge in [0.15, 0.2) is 11.5 Å². The van der Waals surface area contributed by atoms with E-state index in [1.807, 2.05) is 0 Å². The molecule has 0 saturated carbocycles. The lowest BCUT2D eigenvalue weighted by atomic mass is 10.3. The average molecular weight is 238 g/mol. The molecule has 17 heavy (non-hydrogen) atoms. The third-order valence-electron chi connectivity index (χ3n) is 2.19. The molecule has 1 aliphatic rings. The zero-order valence-electron chi connectivity index (χ0n) is 9.13. The Morgan fingerprint density at radius 1 is 1.59 bits per heavy atom. The number of carbonyl (C=O) groups is 3. The summed E-state index contributed by atoms with van der Waals surface area (Å²) in [4.78, 5) is 38.6. The van der Waals surface area contributed by atoms with E-state index in [1.165, 1.54) is 0 Å². The topological polar surface area (TPSA) is 89.7 Å². The molecule has 7 nitrogen and oxygen atoms in total. The summed E-state index contributed by atoms with van der Waals surface area (Å²) in [6.45, 7) is 1.82. The highest BCUT2D eigenvalue weighted by atomic mass is 16.5. The summed E-state index contributed by atoms with van der Waals surface area (Å²) in [5, 5.41) is 0. The van der Waals surface area contributed by atoms with E-state index in [0.29, 0.717) is 0 Å². The van der Waals surface area contributed by atoms with Crippen LogP contribution in [0.5, 0.6) is 0 Å². The standard InChI is InChI=1S/C10H10N2O5/c1-2-16-9(15)7-5-17-10(11-7)12-4-6(13)3-8(12)14/h5H,2-4H2,1H3. The van der Waals surface area contributed by atoms with Crippen LogP contribution in [0.3, 0.4) is 0 Å². The van der Waals surface area contributed by atoms with Crippen LogP contribution in [0, 0.1) is 0 Å². The summed E-state index contributed by atoms with van der Waals surface area (Å²) in [6, 6.07) is -0.0519. The first-order valence-corrected chi connectivity index (χ1v) is 5.06. The molecule has 90 valence electrons. The second-order valence-corrected chi connectivity index (χ2v) is 3.43. The number of aromatic nitrogens is 1. The van der Waals surface area contributed by atoms with Crippen molar-refractivity contribution in [1.82, 2.24) is 4.98 Å². The summed E-state index contributed by atoms with van der Waals surface area (Å²) >= 11 is 0. The van der Waals surface area contributed by atoms with Crippen molar-refractivity contribution >= 4 is 23.7 Å². The Morgan fingerprint density at radius 2 is 2.35 bits per heavy atom. The lowest BCUT2D eigenvalue weighted by molar-refractivity contribution is -0.121. The number of Topliss-reactive ketones (excluding diaryl/α,β-unsaturated/α-hetero) is 1. The molecule has 2 heterocycles. The van der Waals surface area contributed by atoms with Crippen LogP contribution < -0.4 is 4.90 Å². The van der Waals surface area contributed by atoms with Gasteiger partial charge in [-0.3, -0.25) is 14.5 Å². The molecule has 0 spiro atoms. The van der Waals surface area contributed by atoms with Gasteiger partial charge in [-0.1, -0.05) is 0 Å². The first kappa shape index (κ1) is 11.3. The highest BCUT2D eigenvalue weighted by Crippen LogP contribution is 2.19. The summed E-state index contributed by atoms with van der Waals surface area (Å²) < 4.78 is 9.70. The molecule has 1 aliphatic heterocycles. The van der Waals surface area contributed by atoms with Crippen molar-refractivity contribution in [3.8, 4) is 0 Å². The molecular formula is C10H10N2O5. The van der Waals surface area contributed by atoms with Crippen LogP contribution in [0.25, 0.3) is 0 Å². The summed E-state index contributed by atoms with van der Waals surface area (Å²) in [5.41, 5.74) is -0.0194. The Morgan fingerprint density at radius 3 is 2.94 bits per heavy atom. The predicted octanol–water partition coefficient (Wildman–Crippen LogP) is 0.157. The third kappa shape index (κ3) is 2.17. The molecule has 7 heteroatoms. The fourth-order valence-corrected chi connectivity index (χ4v) is 1.45. The number of amides is 1. The maximum absolute atomic E-state index is 11.4.